The van der Waals surface area contributed by atoms with Gasteiger partial charge >= 0.3 is 6.03 Å². The summed E-state index contributed by atoms with van der Waals surface area (Å²) in [6.07, 6.45) is 1.70. The number of benzene rings is 2. The average molecular weight is 411 g/mol. The van der Waals surface area contributed by atoms with Crippen LogP contribution in [0.5, 0.6) is 17.2 Å². The van der Waals surface area contributed by atoms with Crippen LogP contribution in [-0.2, 0) is 4.79 Å². The molecular weight excluding hydrogens is 386 g/mol. The van der Waals surface area contributed by atoms with Gasteiger partial charge in [-0.05, 0) is 43.0 Å². The number of carbonyl (C=O) groups excluding carboxylic acids is 2. The van der Waals surface area contributed by atoms with Gasteiger partial charge in [-0.25, -0.2) is 4.79 Å². The Kier molecular flexibility index (Phi) is 6.22. The van der Waals surface area contributed by atoms with Crippen LogP contribution in [0.25, 0.3) is 0 Å². The molecule has 1 saturated heterocycles. The molecule has 2 aromatic carbocycles. The topological polar surface area (TPSA) is 89.1 Å². The van der Waals surface area contributed by atoms with Crippen LogP contribution in [0, 0.1) is 5.92 Å². The van der Waals surface area contributed by atoms with E-state index >= 15 is 0 Å². The summed E-state index contributed by atoms with van der Waals surface area (Å²) in [5, 5.41) is 5.71. The van der Waals surface area contributed by atoms with Crippen LogP contribution in [0.15, 0.2) is 48.5 Å². The Morgan fingerprint density at radius 1 is 1.03 bits per heavy atom. The third-order valence-electron chi connectivity index (χ3n) is 5.25. The molecule has 2 aromatic rings. The number of urea groups is 1. The van der Waals surface area contributed by atoms with Crippen molar-refractivity contribution in [2.45, 2.75) is 12.8 Å². The van der Waals surface area contributed by atoms with Crippen LogP contribution in [0.2, 0.25) is 0 Å². The monoisotopic (exact) mass is 411 g/mol. The fraction of sp³-hybridized carbons (Fsp3) is 0.364. The van der Waals surface area contributed by atoms with Gasteiger partial charge in [-0.15, -0.1) is 0 Å². The number of piperidine rings is 1. The summed E-state index contributed by atoms with van der Waals surface area (Å²) >= 11 is 0. The van der Waals surface area contributed by atoms with E-state index in [0.717, 1.165) is 12.8 Å². The Hall–Kier alpha value is -3.42. The molecule has 8 nitrogen and oxygen atoms in total. The summed E-state index contributed by atoms with van der Waals surface area (Å²) < 4.78 is 16.1. The zero-order chi connectivity index (χ0) is 20.8. The molecule has 3 amide bonds. The second-order valence-electron chi connectivity index (χ2n) is 7.33. The van der Waals surface area contributed by atoms with Crippen molar-refractivity contribution >= 4 is 17.6 Å². The summed E-state index contributed by atoms with van der Waals surface area (Å²) in [6, 6.07) is 14.3. The van der Waals surface area contributed by atoms with Crippen molar-refractivity contribution in [3.05, 3.63) is 48.5 Å². The van der Waals surface area contributed by atoms with E-state index in [4.69, 9.17) is 14.2 Å². The predicted molar refractivity (Wildman–Crippen MR) is 111 cm³/mol. The quantitative estimate of drug-likeness (QED) is 0.763. The molecule has 0 bridgehead atoms. The number of likely N-dealkylation sites (tertiary alicyclic amines) is 1. The fourth-order valence-electron chi connectivity index (χ4n) is 3.53. The molecule has 1 fully saturated rings. The molecule has 2 aliphatic rings. The van der Waals surface area contributed by atoms with E-state index in [0.29, 0.717) is 48.5 Å². The van der Waals surface area contributed by atoms with Gasteiger partial charge in [-0.3, -0.25) is 4.79 Å². The van der Waals surface area contributed by atoms with Crippen molar-refractivity contribution in [1.82, 2.24) is 10.2 Å². The van der Waals surface area contributed by atoms with E-state index in [1.165, 1.54) is 0 Å². The van der Waals surface area contributed by atoms with E-state index in [9.17, 15) is 9.59 Å². The van der Waals surface area contributed by atoms with Crippen LogP contribution < -0.4 is 24.8 Å². The number of nitrogens with one attached hydrogen (secondary N) is 2. The number of ether oxygens (including phenoxy) is 3. The minimum absolute atomic E-state index is 0.00851. The highest BCUT2D eigenvalue weighted by atomic mass is 16.7. The van der Waals surface area contributed by atoms with Crippen molar-refractivity contribution in [3.63, 3.8) is 0 Å². The fourth-order valence-corrected chi connectivity index (χ4v) is 3.53. The van der Waals surface area contributed by atoms with Crippen LogP contribution >= 0.6 is 0 Å². The Morgan fingerprint density at radius 2 is 1.80 bits per heavy atom. The minimum atomic E-state index is -0.261. The molecule has 0 spiro atoms. The predicted octanol–water partition coefficient (Wildman–Crippen LogP) is 2.85. The number of nitrogens with zero attached hydrogens (tertiary/aromatic N) is 1. The van der Waals surface area contributed by atoms with Gasteiger partial charge in [-0.2, -0.15) is 0 Å². The molecule has 0 unspecified atom stereocenters. The molecule has 2 heterocycles. The lowest BCUT2D eigenvalue weighted by atomic mass is 9.97. The second kappa shape index (κ2) is 9.39. The first-order chi connectivity index (χ1) is 14.7. The number of para-hydroxylation sites is 1. The average Bonchev–Trinajstić information content (AvgIpc) is 3.25. The van der Waals surface area contributed by atoms with Crippen LogP contribution in [0.3, 0.4) is 0 Å². The Labute approximate surface area is 175 Å². The highest BCUT2D eigenvalue weighted by molar-refractivity contribution is 5.89. The number of fused-ring (bicyclic) bond motifs is 1. The lowest BCUT2D eigenvalue weighted by molar-refractivity contribution is -0.134. The summed E-state index contributed by atoms with van der Waals surface area (Å²) in [4.78, 5) is 26.3. The van der Waals surface area contributed by atoms with Gasteiger partial charge in [0, 0.05) is 31.4 Å². The normalized spacial score (nSPS) is 15.5. The lowest BCUT2D eigenvalue weighted by Gasteiger charge is -2.32. The van der Waals surface area contributed by atoms with Gasteiger partial charge in [0.2, 0.25) is 6.79 Å². The molecule has 8 heteroatoms. The molecule has 0 radical (unpaired) electrons. The second-order valence-corrected chi connectivity index (χ2v) is 7.33. The molecule has 0 aliphatic carbocycles. The number of amides is 3. The first kappa shape index (κ1) is 19.9. The number of hydrogen-bond acceptors (Lipinski definition) is 5. The number of rotatable bonds is 6. The molecule has 2 aliphatic heterocycles. The Bertz CT molecular complexity index is 882. The van der Waals surface area contributed by atoms with Gasteiger partial charge < -0.3 is 29.7 Å². The third kappa shape index (κ3) is 5.14. The van der Waals surface area contributed by atoms with Crippen molar-refractivity contribution in [3.8, 4) is 17.2 Å². The van der Waals surface area contributed by atoms with E-state index in [1.807, 2.05) is 35.2 Å². The molecule has 0 saturated carbocycles. The number of hydrogen-bond donors (Lipinski definition) is 2. The molecule has 2 N–H and O–H groups in total. The Morgan fingerprint density at radius 3 is 2.60 bits per heavy atom. The SMILES string of the molecule is O=C(NCC1CCN(C(=O)COc2ccccc2)CC1)Nc1ccc2c(c1)OCO2. The maximum atomic E-state index is 12.3. The zero-order valence-electron chi connectivity index (χ0n) is 16.6. The van der Waals surface area contributed by atoms with Crippen LogP contribution in [0.1, 0.15) is 12.8 Å². The molecule has 0 aromatic heterocycles. The lowest BCUT2D eigenvalue weighted by Crippen LogP contribution is -2.43. The van der Waals surface area contributed by atoms with Crippen molar-refractivity contribution in [1.29, 1.82) is 0 Å². The smallest absolute Gasteiger partial charge is 0.319 e. The zero-order valence-corrected chi connectivity index (χ0v) is 16.6. The third-order valence-corrected chi connectivity index (χ3v) is 5.25. The van der Waals surface area contributed by atoms with E-state index < -0.39 is 0 Å². The maximum Gasteiger partial charge on any atom is 0.319 e. The molecule has 4 rings (SSSR count). The van der Waals surface area contributed by atoms with Gasteiger partial charge in [0.05, 0.1) is 0 Å². The van der Waals surface area contributed by atoms with Gasteiger partial charge in [0.25, 0.3) is 5.91 Å². The minimum Gasteiger partial charge on any atom is -0.484 e. The van der Waals surface area contributed by atoms with E-state index in [1.54, 1.807) is 18.2 Å². The van der Waals surface area contributed by atoms with Crippen molar-refractivity contribution in [2.24, 2.45) is 5.92 Å². The molecule has 30 heavy (non-hydrogen) atoms. The Balaban J connectivity index is 1.15. The summed E-state index contributed by atoms with van der Waals surface area (Å²) in [5.41, 5.74) is 0.649. The first-order valence-electron chi connectivity index (χ1n) is 10.1. The van der Waals surface area contributed by atoms with E-state index in [-0.39, 0.29) is 25.3 Å². The number of anilines is 1. The summed E-state index contributed by atoms with van der Waals surface area (Å²) in [5.74, 6) is 2.33. The molecule has 158 valence electrons. The maximum absolute atomic E-state index is 12.3. The van der Waals surface area contributed by atoms with Crippen molar-refractivity contribution in [2.75, 3.05) is 38.4 Å². The molecular formula is C22H25N3O5. The first-order valence-corrected chi connectivity index (χ1v) is 10.1. The van der Waals surface area contributed by atoms with Gasteiger partial charge in [0.1, 0.15) is 5.75 Å². The highest BCUT2D eigenvalue weighted by Gasteiger charge is 2.23. The standard InChI is InChI=1S/C22H25N3O5/c26-21(14-28-18-4-2-1-3-5-18)25-10-8-16(9-11-25)13-23-22(27)24-17-6-7-19-20(12-17)30-15-29-19/h1-7,12,16H,8-11,13-15H2,(H2,23,24,27). The van der Waals surface area contributed by atoms with Crippen molar-refractivity contribution < 1.29 is 23.8 Å². The largest absolute Gasteiger partial charge is 0.484 e. The summed E-state index contributed by atoms with van der Waals surface area (Å²) in [7, 11) is 0. The van der Waals surface area contributed by atoms with Crippen LogP contribution in [-0.4, -0.2) is 49.9 Å². The van der Waals surface area contributed by atoms with Crippen LogP contribution in [0.4, 0.5) is 10.5 Å². The van der Waals surface area contributed by atoms with E-state index in [2.05, 4.69) is 10.6 Å². The van der Waals surface area contributed by atoms with Gasteiger partial charge in [-0.1, -0.05) is 18.2 Å². The number of carbonyl (C=O) groups is 2. The highest BCUT2D eigenvalue weighted by Crippen LogP contribution is 2.34. The van der Waals surface area contributed by atoms with Gasteiger partial charge in [0.15, 0.2) is 18.1 Å². The summed E-state index contributed by atoms with van der Waals surface area (Å²) in [6.45, 7) is 2.16. The molecule has 0 atom stereocenters.